The summed E-state index contributed by atoms with van der Waals surface area (Å²) in [6.07, 6.45) is 2.33. The molecule has 0 radical (unpaired) electrons. The predicted octanol–water partition coefficient (Wildman–Crippen LogP) is 3.43. The number of H-pyrrole nitrogens is 1. The molecule has 0 saturated carbocycles. The van der Waals surface area contributed by atoms with E-state index < -0.39 is 0 Å². The third-order valence-electron chi connectivity index (χ3n) is 6.64. The fourth-order valence-electron chi connectivity index (χ4n) is 4.69. The van der Waals surface area contributed by atoms with Crippen molar-refractivity contribution in [1.29, 1.82) is 5.26 Å². The molecule has 0 aliphatic carbocycles. The summed E-state index contributed by atoms with van der Waals surface area (Å²) in [6.45, 7) is 6.66. The number of aromatic nitrogens is 1. The smallest absolute Gasteiger partial charge is 0.0991 e. The summed E-state index contributed by atoms with van der Waals surface area (Å²) in [6, 6.07) is 19.5. The lowest BCUT2D eigenvalue weighted by Gasteiger charge is -2.39. The molecule has 2 N–H and O–H groups in total. The average Bonchev–Trinajstić information content (AvgIpc) is 3.24. The summed E-state index contributed by atoms with van der Waals surface area (Å²) in [4.78, 5) is 8.40. The van der Waals surface area contributed by atoms with Gasteiger partial charge >= 0.3 is 0 Å². The highest BCUT2D eigenvalue weighted by Gasteiger charge is 2.23. The Morgan fingerprint density at radius 1 is 0.968 bits per heavy atom. The zero-order chi connectivity index (χ0) is 21.2. The third-order valence-corrected chi connectivity index (χ3v) is 6.64. The Morgan fingerprint density at radius 2 is 1.77 bits per heavy atom. The molecule has 31 heavy (non-hydrogen) atoms. The molecule has 5 rings (SSSR count). The second-order valence-corrected chi connectivity index (χ2v) is 8.83. The van der Waals surface area contributed by atoms with E-state index >= 15 is 0 Å². The Kier molecular flexibility index (Phi) is 5.65. The Bertz CT molecular complexity index is 1080. The van der Waals surface area contributed by atoms with Crippen molar-refractivity contribution in [2.75, 3.05) is 51.2 Å². The Hall–Kier alpha value is -2.85. The molecule has 0 atom stereocenters. The van der Waals surface area contributed by atoms with E-state index in [0.29, 0.717) is 11.6 Å². The number of fused-ring (bicyclic) bond motifs is 1. The van der Waals surface area contributed by atoms with Gasteiger partial charge in [0.1, 0.15) is 0 Å². The van der Waals surface area contributed by atoms with Gasteiger partial charge in [-0.3, -0.25) is 5.43 Å². The highest BCUT2D eigenvalue weighted by Crippen LogP contribution is 2.29. The number of nitrogens with one attached hydrogen (secondary N) is 2. The molecule has 2 fully saturated rings. The molecule has 6 nitrogen and oxygen atoms in total. The summed E-state index contributed by atoms with van der Waals surface area (Å²) >= 11 is 0. The van der Waals surface area contributed by atoms with Crippen LogP contribution in [-0.4, -0.2) is 67.3 Å². The van der Waals surface area contributed by atoms with Gasteiger partial charge in [-0.1, -0.05) is 12.1 Å². The molecule has 2 aromatic carbocycles. The minimum Gasteiger partial charge on any atom is -0.371 e. The van der Waals surface area contributed by atoms with Gasteiger partial charge in [-0.2, -0.15) is 5.26 Å². The average molecular weight is 415 g/mol. The first-order chi connectivity index (χ1) is 15.2. The van der Waals surface area contributed by atoms with Gasteiger partial charge in [0.05, 0.1) is 11.6 Å². The maximum Gasteiger partial charge on any atom is 0.0991 e. The topological polar surface area (TPSA) is 61.3 Å². The van der Waals surface area contributed by atoms with Gasteiger partial charge in [-0.05, 0) is 61.9 Å². The molecule has 0 unspecified atom stereocenters. The molecule has 3 aromatic rings. The highest BCUT2D eigenvalue weighted by molar-refractivity contribution is 5.87. The number of hydrogen-bond acceptors (Lipinski definition) is 5. The van der Waals surface area contributed by atoms with Crippen LogP contribution in [-0.2, 0) is 0 Å². The van der Waals surface area contributed by atoms with Gasteiger partial charge in [0.15, 0.2) is 0 Å². The molecule has 160 valence electrons. The van der Waals surface area contributed by atoms with E-state index in [1.807, 2.05) is 18.2 Å². The number of piperazine rings is 1. The van der Waals surface area contributed by atoms with Crippen molar-refractivity contribution in [1.82, 2.24) is 20.3 Å². The first-order valence-corrected chi connectivity index (χ1v) is 11.3. The minimum atomic E-state index is 0.575. The van der Waals surface area contributed by atoms with Gasteiger partial charge in [0.2, 0.25) is 0 Å². The van der Waals surface area contributed by atoms with Crippen LogP contribution >= 0.6 is 0 Å². The second kappa shape index (κ2) is 8.72. The Balaban J connectivity index is 1.24. The van der Waals surface area contributed by atoms with Gasteiger partial charge in [0, 0.05) is 67.6 Å². The van der Waals surface area contributed by atoms with Crippen molar-refractivity contribution in [2.45, 2.75) is 18.9 Å². The first-order valence-electron chi connectivity index (χ1n) is 11.3. The number of benzene rings is 2. The number of rotatable bonds is 4. The van der Waals surface area contributed by atoms with Crippen molar-refractivity contribution < 1.29 is 0 Å². The van der Waals surface area contributed by atoms with E-state index in [0.717, 1.165) is 55.9 Å². The van der Waals surface area contributed by atoms with Crippen LogP contribution in [0.1, 0.15) is 18.4 Å². The number of piperidine rings is 1. The first kappa shape index (κ1) is 20.1. The summed E-state index contributed by atoms with van der Waals surface area (Å²) in [5.74, 6) is 0. The number of nitrogens with zero attached hydrogens (tertiary/aromatic N) is 4. The van der Waals surface area contributed by atoms with Crippen LogP contribution in [0.25, 0.3) is 22.2 Å². The standard InChI is InChI=1S/C25H30N6/c1-29-11-13-31(14-12-29)28-22-7-9-30(10-8-22)23-4-2-3-20(16-23)25-17-21-15-19(18-26)5-6-24(21)27-25/h2-6,15-17,22,27-28H,7-14H2,1H3. The van der Waals surface area contributed by atoms with Gasteiger partial charge < -0.3 is 14.8 Å². The van der Waals surface area contributed by atoms with Crippen LogP contribution in [0.15, 0.2) is 48.5 Å². The van der Waals surface area contributed by atoms with Crippen LogP contribution in [0.5, 0.6) is 0 Å². The lowest BCUT2D eigenvalue weighted by atomic mass is 10.0. The van der Waals surface area contributed by atoms with Crippen molar-refractivity contribution in [3.63, 3.8) is 0 Å². The predicted molar refractivity (Wildman–Crippen MR) is 126 cm³/mol. The lowest BCUT2D eigenvalue weighted by molar-refractivity contribution is 0.0813. The molecular formula is C25H30N6. The van der Waals surface area contributed by atoms with Crippen molar-refractivity contribution >= 4 is 16.6 Å². The molecule has 2 saturated heterocycles. The van der Waals surface area contributed by atoms with Crippen molar-refractivity contribution in [3.05, 3.63) is 54.1 Å². The van der Waals surface area contributed by atoms with Crippen LogP contribution in [0.2, 0.25) is 0 Å². The van der Waals surface area contributed by atoms with Crippen LogP contribution in [0.3, 0.4) is 0 Å². The van der Waals surface area contributed by atoms with Crippen molar-refractivity contribution in [2.24, 2.45) is 0 Å². The van der Waals surface area contributed by atoms with Crippen LogP contribution in [0.4, 0.5) is 5.69 Å². The number of likely N-dealkylation sites (N-methyl/N-ethyl adjacent to an activating group) is 1. The highest BCUT2D eigenvalue weighted by atomic mass is 15.5. The number of hydrogen-bond donors (Lipinski definition) is 2. The Labute approximate surface area is 184 Å². The molecule has 2 aliphatic rings. The number of anilines is 1. The SMILES string of the molecule is CN1CCN(NC2CCN(c3cccc(-c4cc5cc(C#N)ccc5[nH]4)c3)CC2)CC1. The maximum atomic E-state index is 9.15. The molecule has 0 amide bonds. The second-order valence-electron chi connectivity index (χ2n) is 8.83. The molecule has 0 spiro atoms. The molecule has 0 bridgehead atoms. The monoisotopic (exact) mass is 414 g/mol. The summed E-state index contributed by atoms with van der Waals surface area (Å²) in [5, 5.41) is 12.6. The summed E-state index contributed by atoms with van der Waals surface area (Å²) in [7, 11) is 2.20. The quantitative estimate of drug-likeness (QED) is 0.685. The van der Waals surface area contributed by atoms with Gasteiger partial charge in [-0.15, -0.1) is 0 Å². The fraction of sp³-hybridized carbons (Fsp3) is 0.400. The number of nitriles is 1. The lowest BCUT2D eigenvalue weighted by Crippen LogP contribution is -2.55. The van der Waals surface area contributed by atoms with E-state index in [2.05, 4.69) is 68.7 Å². The van der Waals surface area contributed by atoms with Crippen LogP contribution in [0, 0.1) is 11.3 Å². The molecule has 2 aliphatic heterocycles. The van der Waals surface area contributed by atoms with E-state index in [9.17, 15) is 0 Å². The third kappa shape index (κ3) is 4.45. The maximum absolute atomic E-state index is 9.15. The zero-order valence-electron chi connectivity index (χ0n) is 18.1. The normalized spacial score (nSPS) is 19.0. The molecule has 3 heterocycles. The zero-order valence-corrected chi connectivity index (χ0v) is 18.1. The van der Waals surface area contributed by atoms with E-state index in [1.165, 1.54) is 24.1 Å². The van der Waals surface area contributed by atoms with Gasteiger partial charge in [0.25, 0.3) is 0 Å². The molecule has 6 heteroatoms. The fourth-order valence-corrected chi connectivity index (χ4v) is 4.69. The van der Waals surface area contributed by atoms with E-state index in [4.69, 9.17) is 5.26 Å². The van der Waals surface area contributed by atoms with E-state index in [-0.39, 0.29) is 0 Å². The summed E-state index contributed by atoms with van der Waals surface area (Å²) in [5.41, 5.74) is 9.09. The van der Waals surface area contributed by atoms with Crippen LogP contribution < -0.4 is 10.3 Å². The largest absolute Gasteiger partial charge is 0.371 e. The summed E-state index contributed by atoms with van der Waals surface area (Å²) < 4.78 is 0. The number of aromatic amines is 1. The molecule has 1 aromatic heterocycles. The molecular weight excluding hydrogens is 384 g/mol. The van der Waals surface area contributed by atoms with Crippen molar-refractivity contribution in [3.8, 4) is 17.3 Å². The number of hydrazine groups is 1. The Morgan fingerprint density at radius 3 is 2.55 bits per heavy atom. The van der Waals surface area contributed by atoms with Gasteiger partial charge in [-0.25, -0.2) is 5.01 Å². The minimum absolute atomic E-state index is 0.575. The van der Waals surface area contributed by atoms with E-state index in [1.54, 1.807) is 0 Å².